The van der Waals surface area contributed by atoms with Crippen LogP contribution in [0.3, 0.4) is 0 Å². The van der Waals surface area contributed by atoms with Crippen molar-refractivity contribution in [3.05, 3.63) is 18.2 Å². The van der Waals surface area contributed by atoms with Crippen molar-refractivity contribution in [3.63, 3.8) is 0 Å². The van der Waals surface area contributed by atoms with E-state index in [0.717, 1.165) is 0 Å². The van der Waals surface area contributed by atoms with Gasteiger partial charge in [0.05, 0.1) is 27.4 Å². The fourth-order valence-electron chi connectivity index (χ4n) is 2.18. The molecular formula is C13H19NO5S. The summed E-state index contributed by atoms with van der Waals surface area (Å²) in [6.45, 7) is 2.95. The van der Waals surface area contributed by atoms with Crippen LogP contribution in [0.15, 0.2) is 23.1 Å². The normalized spacial score (nSPS) is 20.6. The van der Waals surface area contributed by atoms with Crippen LogP contribution in [0.4, 0.5) is 0 Å². The highest BCUT2D eigenvalue weighted by Gasteiger charge is 2.33. The van der Waals surface area contributed by atoms with Crippen molar-refractivity contribution in [1.29, 1.82) is 0 Å². The van der Waals surface area contributed by atoms with Crippen LogP contribution in [-0.2, 0) is 14.8 Å². The molecule has 0 amide bonds. The van der Waals surface area contributed by atoms with Crippen molar-refractivity contribution >= 4 is 10.0 Å². The number of morpholine rings is 1. The molecule has 1 unspecified atom stereocenters. The molecule has 1 aliphatic rings. The van der Waals surface area contributed by atoms with E-state index in [1.165, 1.54) is 24.6 Å². The van der Waals surface area contributed by atoms with E-state index in [9.17, 15) is 8.42 Å². The van der Waals surface area contributed by atoms with Crippen molar-refractivity contribution < 1.29 is 22.6 Å². The summed E-state index contributed by atoms with van der Waals surface area (Å²) in [6.07, 6.45) is 0. The molecule has 1 aromatic rings. The predicted molar refractivity (Wildman–Crippen MR) is 73.7 cm³/mol. The Balaban J connectivity index is 2.47. The highest BCUT2D eigenvalue weighted by molar-refractivity contribution is 7.89. The maximum Gasteiger partial charge on any atom is 0.247 e. The topological polar surface area (TPSA) is 65.1 Å². The molecule has 0 radical (unpaired) electrons. The summed E-state index contributed by atoms with van der Waals surface area (Å²) < 4.78 is 42.5. The number of rotatable bonds is 4. The number of sulfonamides is 1. The lowest BCUT2D eigenvalue weighted by atomic mass is 10.3. The molecule has 0 N–H and O–H groups in total. The van der Waals surface area contributed by atoms with Gasteiger partial charge >= 0.3 is 0 Å². The largest absolute Gasteiger partial charge is 0.497 e. The molecule has 0 saturated carbocycles. The molecule has 1 atom stereocenters. The van der Waals surface area contributed by atoms with Crippen LogP contribution in [-0.4, -0.2) is 52.7 Å². The van der Waals surface area contributed by atoms with Gasteiger partial charge in [0, 0.05) is 18.7 Å². The molecule has 0 bridgehead atoms. The maximum absolute atomic E-state index is 12.8. The van der Waals surface area contributed by atoms with E-state index in [1.54, 1.807) is 12.1 Å². The van der Waals surface area contributed by atoms with E-state index in [-0.39, 0.29) is 10.9 Å². The van der Waals surface area contributed by atoms with Crippen LogP contribution < -0.4 is 9.47 Å². The zero-order chi connectivity index (χ0) is 14.8. The van der Waals surface area contributed by atoms with Crippen LogP contribution >= 0.6 is 0 Å². The number of hydrogen-bond acceptors (Lipinski definition) is 5. The third kappa shape index (κ3) is 2.74. The van der Waals surface area contributed by atoms with Crippen LogP contribution in [0.5, 0.6) is 11.5 Å². The van der Waals surface area contributed by atoms with Gasteiger partial charge in [0.15, 0.2) is 0 Å². The van der Waals surface area contributed by atoms with Crippen LogP contribution in [0.25, 0.3) is 0 Å². The molecule has 1 aromatic carbocycles. The van der Waals surface area contributed by atoms with E-state index in [1.807, 2.05) is 6.92 Å². The van der Waals surface area contributed by atoms with Gasteiger partial charge in [0.1, 0.15) is 16.4 Å². The number of hydrogen-bond donors (Lipinski definition) is 0. The first-order chi connectivity index (χ1) is 9.50. The molecule has 1 aliphatic heterocycles. The quantitative estimate of drug-likeness (QED) is 0.833. The Labute approximate surface area is 119 Å². The summed E-state index contributed by atoms with van der Waals surface area (Å²) in [7, 11) is -0.695. The predicted octanol–water partition coefficient (Wildman–Crippen LogP) is 1.11. The Hall–Kier alpha value is -1.31. The second-order valence-corrected chi connectivity index (χ2v) is 6.42. The van der Waals surface area contributed by atoms with E-state index in [2.05, 4.69) is 0 Å². The Morgan fingerprint density at radius 3 is 2.65 bits per heavy atom. The van der Waals surface area contributed by atoms with E-state index in [4.69, 9.17) is 14.2 Å². The Kier molecular flexibility index (Phi) is 4.52. The van der Waals surface area contributed by atoms with Gasteiger partial charge in [-0.25, -0.2) is 8.42 Å². The third-order valence-corrected chi connectivity index (χ3v) is 5.30. The lowest BCUT2D eigenvalue weighted by molar-refractivity contribution is 0.0392. The van der Waals surface area contributed by atoms with E-state index >= 15 is 0 Å². The van der Waals surface area contributed by atoms with Crippen molar-refractivity contribution in [1.82, 2.24) is 4.31 Å². The number of ether oxygens (including phenoxy) is 3. The second kappa shape index (κ2) is 5.99. The molecule has 1 fully saturated rings. The van der Waals surface area contributed by atoms with E-state index < -0.39 is 10.0 Å². The molecule has 0 spiro atoms. The molecule has 6 nitrogen and oxygen atoms in total. The molecule has 112 valence electrons. The molecule has 20 heavy (non-hydrogen) atoms. The Morgan fingerprint density at radius 2 is 2.05 bits per heavy atom. The summed E-state index contributed by atoms with van der Waals surface area (Å²) >= 11 is 0. The van der Waals surface area contributed by atoms with Gasteiger partial charge in [-0.2, -0.15) is 4.31 Å². The monoisotopic (exact) mass is 301 g/mol. The molecule has 1 heterocycles. The summed E-state index contributed by atoms with van der Waals surface area (Å²) in [5.74, 6) is 0.787. The van der Waals surface area contributed by atoms with Crippen LogP contribution in [0.2, 0.25) is 0 Å². The van der Waals surface area contributed by atoms with Gasteiger partial charge in [-0.1, -0.05) is 0 Å². The zero-order valence-corrected chi connectivity index (χ0v) is 12.6. The standard InChI is InChI=1S/C13H19NO5S/c1-10-9-19-7-6-14(10)20(15,16)13-8-11(17-2)4-5-12(13)18-3/h4-5,8,10H,6-7,9H2,1-3H3. The molecular weight excluding hydrogens is 282 g/mol. The van der Waals surface area contributed by atoms with Crippen molar-refractivity contribution in [2.75, 3.05) is 34.0 Å². The first kappa shape index (κ1) is 15.1. The summed E-state index contributed by atoms with van der Waals surface area (Å²) in [5, 5.41) is 0. The Bertz CT molecular complexity index is 572. The average Bonchev–Trinajstić information content (AvgIpc) is 2.46. The maximum atomic E-state index is 12.8. The summed E-state index contributed by atoms with van der Waals surface area (Å²) in [6, 6.07) is 4.54. The number of methoxy groups -OCH3 is 2. The highest BCUT2D eigenvalue weighted by atomic mass is 32.2. The average molecular weight is 301 g/mol. The van der Waals surface area contributed by atoms with Crippen molar-refractivity contribution in [3.8, 4) is 11.5 Å². The van der Waals surface area contributed by atoms with Crippen molar-refractivity contribution in [2.45, 2.75) is 17.9 Å². The Morgan fingerprint density at radius 1 is 1.30 bits per heavy atom. The van der Waals surface area contributed by atoms with Gasteiger partial charge in [-0.15, -0.1) is 0 Å². The third-order valence-electron chi connectivity index (χ3n) is 3.26. The first-order valence-electron chi connectivity index (χ1n) is 6.32. The SMILES string of the molecule is COc1ccc(OC)c(S(=O)(=O)N2CCOCC2C)c1. The summed E-state index contributed by atoms with van der Waals surface area (Å²) in [5.41, 5.74) is 0. The number of benzene rings is 1. The lowest BCUT2D eigenvalue weighted by Crippen LogP contribution is -2.47. The number of nitrogens with zero attached hydrogens (tertiary/aromatic N) is 1. The minimum atomic E-state index is -3.64. The van der Waals surface area contributed by atoms with Gasteiger partial charge in [-0.3, -0.25) is 0 Å². The zero-order valence-electron chi connectivity index (χ0n) is 11.8. The molecule has 0 aromatic heterocycles. The van der Waals surface area contributed by atoms with E-state index in [0.29, 0.717) is 31.3 Å². The molecule has 7 heteroatoms. The minimum absolute atomic E-state index is 0.119. The molecule has 0 aliphatic carbocycles. The summed E-state index contributed by atoms with van der Waals surface area (Å²) in [4.78, 5) is 0.119. The van der Waals surface area contributed by atoms with Gasteiger partial charge in [0.25, 0.3) is 0 Å². The fourth-order valence-corrected chi connectivity index (χ4v) is 3.95. The molecule has 1 saturated heterocycles. The van der Waals surface area contributed by atoms with Crippen LogP contribution in [0, 0.1) is 0 Å². The second-order valence-electron chi connectivity index (χ2n) is 4.56. The fraction of sp³-hybridized carbons (Fsp3) is 0.538. The van der Waals surface area contributed by atoms with Crippen molar-refractivity contribution in [2.24, 2.45) is 0 Å². The molecule has 2 rings (SSSR count). The lowest BCUT2D eigenvalue weighted by Gasteiger charge is -2.32. The smallest absolute Gasteiger partial charge is 0.247 e. The first-order valence-corrected chi connectivity index (χ1v) is 7.76. The van der Waals surface area contributed by atoms with Gasteiger partial charge in [-0.05, 0) is 19.1 Å². The van der Waals surface area contributed by atoms with Gasteiger partial charge < -0.3 is 14.2 Å². The highest BCUT2D eigenvalue weighted by Crippen LogP contribution is 2.31. The van der Waals surface area contributed by atoms with Gasteiger partial charge in [0.2, 0.25) is 10.0 Å². The van der Waals surface area contributed by atoms with Crippen LogP contribution in [0.1, 0.15) is 6.92 Å². The minimum Gasteiger partial charge on any atom is -0.497 e.